The molecule has 122 valence electrons. The zero-order chi connectivity index (χ0) is 16.8. The normalized spacial score (nSPS) is 10.2. The Morgan fingerprint density at radius 1 is 0.917 bits per heavy atom. The second kappa shape index (κ2) is 7.46. The summed E-state index contributed by atoms with van der Waals surface area (Å²) in [6, 6.07) is 17.6. The predicted molar refractivity (Wildman–Crippen MR) is 94.3 cm³/mol. The number of hydrogen-bond acceptors (Lipinski definition) is 5. The number of anilines is 1. The lowest BCUT2D eigenvalue weighted by atomic mass is 10.1. The van der Waals surface area contributed by atoms with Crippen molar-refractivity contribution in [3.05, 3.63) is 66.4 Å². The van der Waals surface area contributed by atoms with Crippen LogP contribution < -0.4 is 14.8 Å². The minimum absolute atomic E-state index is 0.589. The van der Waals surface area contributed by atoms with Crippen molar-refractivity contribution >= 4 is 5.95 Å². The van der Waals surface area contributed by atoms with Crippen molar-refractivity contribution in [2.75, 3.05) is 19.5 Å². The topological polar surface area (TPSA) is 56.3 Å². The van der Waals surface area contributed by atoms with E-state index in [0.717, 1.165) is 28.3 Å². The lowest BCUT2D eigenvalue weighted by Gasteiger charge is -2.08. The maximum atomic E-state index is 5.26. The van der Waals surface area contributed by atoms with Crippen LogP contribution in [0.1, 0.15) is 5.56 Å². The van der Waals surface area contributed by atoms with Crippen LogP contribution in [0.4, 0.5) is 5.95 Å². The summed E-state index contributed by atoms with van der Waals surface area (Å²) in [6.45, 7) is 0.644. The van der Waals surface area contributed by atoms with Crippen LogP contribution in [0, 0.1) is 0 Å². The van der Waals surface area contributed by atoms with Crippen LogP contribution in [0.15, 0.2) is 60.8 Å². The van der Waals surface area contributed by atoms with Crippen LogP contribution >= 0.6 is 0 Å². The Balaban J connectivity index is 1.72. The van der Waals surface area contributed by atoms with E-state index in [0.29, 0.717) is 12.5 Å². The maximum absolute atomic E-state index is 5.26. The third-order valence-electron chi connectivity index (χ3n) is 3.63. The molecule has 0 radical (unpaired) electrons. The molecule has 0 saturated carbocycles. The number of nitrogens with one attached hydrogen (secondary N) is 1. The van der Waals surface area contributed by atoms with E-state index in [-0.39, 0.29) is 0 Å². The van der Waals surface area contributed by atoms with E-state index in [1.54, 1.807) is 20.4 Å². The van der Waals surface area contributed by atoms with E-state index >= 15 is 0 Å². The molecule has 0 amide bonds. The first kappa shape index (κ1) is 15.8. The Morgan fingerprint density at radius 3 is 2.46 bits per heavy atom. The van der Waals surface area contributed by atoms with Crippen molar-refractivity contribution in [2.24, 2.45) is 0 Å². The standard InChI is InChI=1S/C19H19N3O2/c1-23-16-8-6-14(7-9-16)13-21-19-20-11-10-18(22-19)15-4-3-5-17(12-15)24-2/h3-12H,13H2,1-2H3,(H,20,21,22). The highest BCUT2D eigenvalue weighted by Gasteiger charge is 2.04. The molecule has 0 unspecified atom stereocenters. The van der Waals surface area contributed by atoms with Gasteiger partial charge in [0.15, 0.2) is 0 Å². The maximum Gasteiger partial charge on any atom is 0.223 e. The Kier molecular flexibility index (Phi) is 4.91. The first-order chi connectivity index (χ1) is 11.8. The van der Waals surface area contributed by atoms with Crippen LogP contribution in [-0.4, -0.2) is 24.2 Å². The van der Waals surface area contributed by atoms with Gasteiger partial charge in [0.1, 0.15) is 11.5 Å². The van der Waals surface area contributed by atoms with Crippen LogP contribution in [0.5, 0.6) is 11.5 Å². The fraction of sp³-hybridized carbons (Fsp3) is 0.158. The number of rotatable bonds is 6. The summed E-state index contributed by atoms with van der Waals surface area (Å²) in [6.07, 6.45) is 1.75. The third-order valence-corrected chi connectivity index (χ3v) is 3.63. The summed E-state index contributed by atoms with van der Waals surface area (Å²) in [5.74, 6) is 2.24. The molecule has 0 fully saturated rings. The molecule has 0 aliphatic carbocycles. The van der Waals surface area contributed by atoms with E-state index in [9.17, 15) is 0 Å². The first-order valence-electron chi connectivity index (χ1n) is 7.63. The molecule has 0 bridgehead atoms. The van der Waals surface area contributed by atoms with Gasteiger partial charge in [-0.15, -0.1) is 0 Å². The van der Waals surface area contributed by atoms with E-state index < -0.39 is 0 Å². The molecular formula is C19H19N3O2. The molecule has 5 nitrogen and oxygen atoms in total. The third kappa shape index (κ3) is 3.81. The SMILES string of the molecule is COc1ccc(CNc2nccc(-c3cccc(OC)c3)n2)cc1. The van der Waals surface area contributed by atoms with Crippen molar-refractivity contribution in [1.29, 1.82) is 0 Å². The molecule has 5 heteroatoms. The molecule has 0 saturated heterocycles. The van der Waals surface area contributed by atoms with E-state index in [4.69, 9.17) is 9.47 Å². The molecule has 3 aromatic rings. The van der Waals surface area contributed by atoms with Gasteiger partial charge in [-0.1, -0.05) is 24.3 Å². The van der Waals surface area contributed by atoms with Crippen molar-refractivity contribution in [1.82, 2.24) is 9.97 Å². The highest BCUT2D eigenvalue weighted by molar-refractivity contribution is 5.61. The van der Waals surface area contributed by atoms with E-state index in [1.807, 2.05) is 54.6 Å². The average Bonchev–Trinajstić information content (AvgIpc) is 2.67. The summed E-state index contributed by atoms with van der Waals surface area (Å²) in [5.41, 5.74) is 2.97. The lowest BCUT2D eigenvalue weighted by Crippen LogP contribution is -2.04. The van der Waals surface area contributed by atoms with Gasteiger partial charge in [0.2, 0.25) is 5.95 Å². The number of nitrogens with zero attached hydrogens (tertiary/aromatic N) is 2. The number of aromatic nitrogens is 2. The molecular weight excluding hydrogens is 302 g/mol. The van der Waals surface area contributed by atoms with E-state index in [1.165, 1.54) is 0 Å². The lowest BCUT2D eigenvalue weighted by molar-refractivity contribution is 0.414. The van der Waals surface area contributed by atoms with Gasteiger partial charge < -0.3 is 14.8 Å². The zero-order valence-corrected chi connectivity index (χ0v) is 13.7. The molecule has 24 heavy (non-hydrogen) atoms. The Hall–Kier alpha value is -3.08. The molecule has 3 rings (SSSR count). The molecule has 0 aliphatic heterocycles. The smallest absolute Gasteiger partial charge is 0.223 e. The monoisotopic (exact) mass is 321 g/mol. The number of benzene rings is 2. The Morgan fingerprint density at radius 2 is 1.71 bits per heavy atom. The van der Waals surface area contributed by atoms with Gasteiger partial charge in [-0.25, -0.2) is 9.97 Å². The van der Waals surface area contributed by atoms with Crippen LogP contribution in [0.25, 0.3) is 11.3 Å². The molecule has 0 atom stereocenters. The van der Waals surface area contributed by atoms with Crippen molar-refractivity contribution in [2.45, 2.75) is 6.54 Å². The number of hydrogen-bond donors (Lipinski definition) is 1. The zero-order valence-electron chi connectivity index (χ0n) is 13.7. The van der Waals surface area contributed by atoms with Crippen LogP contribution in [-0.2, 0) is 6.54 Å². The van der Waals surface area contributed by atoms with Crippen molar-refractivity contribution in [3.63, 3.8) is 0 Å². The minimum Gasteiger partial charge on any atom is -0.497 e. The molecule has 1 aromatic heterocycles. The summed E-state index contributed by atoms with van der Waals surface area (Å²) in [5, 5.41) is 3.24. The summed E-state index contributed by atoms with van der Waals surface area (Å²) >= 11 is 0. The summed E-state index contributed by atoms with van der Waals surface area (Å²) in [7, 11) is 3.31. The van der Waals surface area contributed by atoms with Gasteiger partial charge >= 0.3 is 0 Å². The molecule has 1 heterocycles. The Labute approximate surface area is 141 Å². The minimum atomic E-state index is 0.589. The average molecular weight is 321 g/mol. The van der Waals surface area contributed by atoms with Gasteiger partial charge in [0.05, 0.1) is 19.9 Å². The van der Waals surface area contributed by atoms with Gasteiger partial charge in [-0.3, -0.25) is 0 Å². The largest absolute Gasteiger partial charge is 0.497 e. The summed E-state index contributed by atoms with van der Waals surface area (Å²) < 4.78 is 10.4. The Bertz CT molecular complexity index is 804. The molecule has 1 N–H and O–H groups in total. The van der Waals surface area contributed by atoms with Crippen LogP contribution in [0.3, 0.4) is 0 Å². The molecule has 2 aromatic carbocycles. The molecule has 0 spiro atoms. The highest BCUT2D eigenvalue weighted by Crippen LogP contribution is 2.22. The van der Waals surface area contributed by atoms with Crippen LogP contribution in [0.2, 0.25) is 0 Å². The predicted octanol–water partition coefficient (Wildman–Crippen LogP) is 3.77. The van der Waals surface area contributed by atoms with Crippen molar-refractivity contribution in [3.8, 4) is 22.8 Å². The fourth-order valence-electron chi connectivity index (χ4n) is 2.31. The fourth-order valence-corrected chi connectivity index (χ4v) is 2.31. The quantitative estimate of drug-likeness (QED) is 0.749. The summed E-state index contributed by atoms with van der Waals surface area (Å²) in [4.78, 5) is 8.84. The number of ether oxygens (including phenoxy) is 2. The van der Waals surface area contributed by atoms with Crippen molar-refractivity contribution < 1.29 is 9.47 Å². The van der Waals surface area contributed by atoms with Gasteiger partial charge in [-0.2, -0.15) is 0 Å². The second-order valence-corrected chi connectivity index (χ2v) is 5.20. The van der Waals surface area contributed by atoms with Gasteiger partial charge in [0.25, 0.3) is 0 Å². The molecule has 0 aliphatic rings. The highest BCUT2D eigenvalue weighted by atomic mass is 16.5. The van der Waals surface area contributed by atoms with Gasteiger partial charge in [0, 0.05) is 18.3 Å². The second-order valence-electron chi connectivity index (χ2n) is 5.20. The van der Waals surface area contributed by atoms with E-state index in [2.05, 4.69) is 15.3 Å². The first-order valence-corrected chi connectivity index (χ1v) is 7.63. The number of methoxy groups -OCH3 is 2. The van der Waals surface area contributed by atoms with Gasteiger partial charge in [-0.05, 0) is 35.9 Å².